The van der Waals surface area contributed by atoms with E-state index in [1.807, 2.05) is 50.2 Å². The third-order valence-corrected chi connectivity index (χ3v) is 7.90. The zero-order valence-corrected chi connectivity index (χ0v) is 25.8. The average Bonchev–Trinajstić information content (AvgIpc) is 2.99. The minimum atomic E-state index is -0.482. The molecule has 0 heterocycles. The minimum absolute atomic E-state index is 0.0949. The van der Waals surface area contributed by atoms with Crippen LogP contribution in [0.25, 0.3) is 6.08 Å². The van der Waals surface area contributed by atoms with E-state index < -0.39 is 17.1 Å². The molecule has 0 aromatic heterocycles. The van der Waals surface area contributed by atoms with Gasteiger partial charge in [-0.15, -0.1) is 11.8 Å². The molecule has 1 unspecified atom stereocenters. The number of amides is 3. The number of halogens is 1. The maximum atomic E-state index is 13.4. The van der Waals surface area contributed by atoms with E-state index in [-0.39, 0.29) is 11.6 Å². The molecule has 4 aromatic rings. The van der Waals surface area contributed by atoms with Crippen molar-refractivity contribution in [2.24, 2.45) is 0 Å². The first-order valence-electron chi connectivity index (χ1n) is 13.5. The lowest BCUT2D eigenvalue weighted by atomic mass is 10.1. The fraction of sp³-hybridized carbons (Fsp3) is 0.147. The summed E-state index contributed by atoms with van der Waals surface area (Å²) in [7, 11) is 1.52. The zero-order valence-electron chi connectivity index (χ0n) is 24.2. The zero-order chi connectivity index (χ0) is 30.9. The summed E-state index contributed by atoms with van der Waals surface area (Å²) >= 11 is 7.53. The van der Waals surface area contributed by atoms with Gasteiger partial charge in [0.15, 0.2) is 0 Å². The van der Waals surface area contributed by atoms with Crippen LogP contribution in [0.5, 0.6) is 5.75 Å². The first-order chi connectivity index (χ1) is 20.6. The molecule has 0 saturated heterocycles. The molecule has 0 radical (unpaired) electrons. The predicted molar refractivity (Wildman–Crippen MR) is 175 cm³/mol. The van der Waals surface area contributed by atoms with Gasteiger partial charge in [0.2, 0.25) is 5.91 Å². The second-order valence-corrected chi connectivity index (χ2v) is 11.6. The van der Waals surface area contributed by atoms with Gasteiger partial charge in [0.25, 0.3) is 11.8 Å². The molecule has 3 amide bonds. The molecule has 3 N–H and O–H groups in total. The molecule has 0 bridgehead atoms. The number of ether oxygens (including phenoxy) is 1. The number of thioether (sulfide) groups is 1. The number of benzene rings is 4. The molecular formula is C34H32ClN3O4S. The van der Waals surface area contributed by atoms with Crippen LogP contribution in [0.1, 0.15) is 34.0 Å². The highest BCUT2D eigenvalue weighted by molar-refractivity contribution is 8.00. The van der Waals surface area contributed by atoms with Gasteiger partial charge in [-0.25, -0.2) is 0 Å². The Balaban J connectivity index is 1.48. The normalized spacial score (nSPS) is 11.8. The van der Waals surface area contributed by atoms with Crippen molar-refractivity contribution >= 4 is 58.5 Å². The predicted octanol–water partition coefficient (Wildman–Crippen LogP) is 7.49. The fourth-order valence-electron chi connectivity index (χ4n) is 4.14. The lowest BCUT2D eigenvalue weighted by molar-refractivity contribution is -0.115. The number of anilines is 2. The highest BCUT2D eigenvalue weighted by Gasteiger charge is 2.19. The van der Waals surface area contributed by atoms with Crippen molar-refractivity contribution < 1.29 is 19.1 Å². The van der Waals surface area contributed by atoms with Crippen molar-refractivity contribution in [2.75, 3.05) is 17.7 Å². The van der Waals surface area contributed by atoms with Crippen molar-refractivity contribution in [1.29, 1.82) is 0 Å². The van der Waals surface area contributed by atoms with Gasteiger partial charge in [0.05, 0.1) is 18.0 Å². The number of carbonyl (C=O) groups is 3. The molecule has 1 atom stereocenters. The number of rotatable bonds is 10. The lowest BCUT2D eigenvalue weighted by Gasteiger charge is -2.16. The molecule has 7 nitrogen and oxygen atoms in total. The summed E-state index contributed by atoms with van der Waals surface area (Å²) in [5.41, 5.74) is 4.19. The first-order valence-corrected chi connectivity index (χ1v) is 14.8. The molecule has 0 spiro atoms. The monoisotopic (exact) mass is 613 g/mol. The molecule has 43 heavy (non-hydrogen) atoms. The Morgan fingerprint density at radius 2 is 1.63 bits per heavy atom. The van der Waals surface area contributed by atoms with E-state index in [1.165, 1.54) is 18.9 Å². The SMILES string of the molecule is COc1cc(Cl)c(C)cc1NC(=O)C(C)Sc1cccc(NC(=O)/C(=C\c2cccc(C)c2)NC(=O)c2ccccc2)c1. The minimum Gasteiger partial charge on any atom is -0.495 e. The van der Waals surface area contributed by atoms with Crippen molar-refractivity contribution in [2.45, 2.75) is 30.9 Å². The fourth-order valence-corrected chi connectivity index (χ4v) is 5.22. The summed E-state index contributed by atoms with van der Waals surface area (Å²) in [6, 6.07) is 26.9. The van der Waals surface area contributed by atoms with Gasteiger partial charge in [0, 0.05) is 27.2 Å². The van der Waals surface area contributed by atoms with Gasteiger partial charge in [-0.05, 0) is 74.4 Å². The Morgan fingerprint density at radius 3 is 2.35 bits per heavy atom. The molecule has 0 aliphatic heterocycles. The van der Waals surface area contributed by atoms with Gasteiger partial charge in [-0.2, -0.15) is 0 Å². The van der Waals surface area contributed by atoms with Crippen LogP contribution in [-0.4, -0.2) is 30.1 Å². The van der Waals surface area contributed by atoms with Crippen LogP contribution in [0.2, 0.25) is 5.02 Å². The average molecular weight is 614 g/mol. The Hall–Kier alpha value is -4.53. The largest absolute Gasteiger partial charge is 0.495 e. The van der Waals surface area contributed by atoms with Gasteiger partial charge >= 0.3 is 0 Å². The third-order valence-electron chi connectivity index (χ3n) is 6.39. The van der Waals surface area contributed by atoms with E-state index in [0.717, 1.165) is 21.6 Å². The second-order valence-electron chi connectivity index (χ2n) is 9.83. The van der Waals surface area contributed by atoms with Gasteiger partial charge in [0.1, 0.15) is 11.4 Å². The summed E-state index contributed by atoms with van der Waals surface area (Å²) in [4.78, 5) is 40.2. The topological polar surface area (TPSA) is 96.5 Å². The van der Waals surface area contributed by atoms with E-state index in [1.54, 1.807) is 67.6 Å². The first kappa shape index (κ1) is 31.4. The van der Waals surface area contributed by atoms with Crippen LogP contribution < -0.4 is 20.7 Å². The third kappa shape index (κ3) is 8.73. The number of aryl methyl sites for hydroxylation is 2. The van der Waals surface area contributed by atoms with E-state index in [2.05, 4.69) is 16.0 Å². The summed E-state index contributed by atoms with van der Waals surface area (Å²) in [6.07, 6.45) is 1.64. The number of hydrogen-bond acceptors (Lipinski definition) is 5. The van der Waals surface area contributed by atoms with Crippen LogP contribution in [0.15, 0.2) is 102 Å². The highest BCUT2D eigenvalue weighted by atomic mass is 35.5. The van der Waals surface area contributed by atoms with Crippen LogP contribution in [-0.2, 0) is 9.59 Å². The van der Waals surface area contributed by atoms with Crippen LogP contribution in [0, 0.1) is 13.8 Å². The van der Waals surface area contributed by atoms with Crippen molar-refractivity contribution in [3.05, 3.63) is 124 Å². The Morgan fingerprint density at radius 1 is 0.884 bits per heavy atom. The van der Waals surface area contributed by atoms with Crippen LogP contribution in [0.3, 0.4) is 0 Å². The second kappa shape index (κ2) is 14.6. The molecule has 0 saturated carbocycles. The molecule has 4 rings (SSSR count). The highest BCUT2D eigenvalue weighted by Crippen LogP contribution is 2.32. The molecule has 0 aliphatic carbocycles. The number of carbonyl (C=O) groups excluding carboxylic acids is 3. The molecule has 0 fully saturated rings. The molecule has 0 aliphatic rings. The van der Waals surface area contributed by atoms with Gasteiger partial charge in [-0.1, -0.05) is 65.7 Å². The smallest absolute Gasteiger partial charge is 0.272 e. The Labute approximate surface area is 260 Å². The molecular weight excluding hydrogens is 582 g/mol. The summed E-state index contributed by atoms with van der Waals surface area (Å²) in [5, 5.41) is 8.63. The van der Waals surface area contributed by atoms with E-state index in [0.29, 0.717) is 27.7 Å². The lowest BCUT2D eigenvalue weighted by Crippen LogP contribution is -2.30. The summed E-state index contributed by atoms with van der Waals surface area (Å²) in [6.45, 7) is 5.60. The van der Waals surface area contributed by atoms with Crippen molar-refractivity contribution in [3.63, 3.8) is 0 Å². The van der Waals surface area contributed by atoms with Crippen molar-refractivity contribution in [3.8, 4) is 5.75 Å². The number of methoxy groups -OCH3 is 1. The quantitative estimate of drug-likeness (QED) is 0.127. The molecule has 9 heteroatoms. The maximum absolute atomic E-state index is 13.4. The summed E-state index contributed by atoms with van der Waals surface area (Å²) < 4.78 is 5.37. The van der Waals surface area contributed by atoms with Crippen molar-refractivity contribution in [1.82, 2.24) is 5.32 Å². The molecule has 4 aromatic carbocycles. The maximum Gasteiger partial charge on any atom is 0.272 e. The van der Waals surface area contributed by atoms with E-state index in [9.17, 15) is 14.4 Å². The van der Waals surface area contributed by atoms with E-state index >= 15 is 0 Å². The van der Waals surface area contributed by atoms with Crippen LogP contribution in [0.4, 0.5) is 11.4 Å². The van der Waals surface area contributed by atoms with Gasteiger partial charge in [-0.3, -0.25) is 14.4 Å². The standard InChI is InChI=1S/C34H32ClN3O4S/c1-21-10-8-11-24(16-21)18-30(38-33(40)25-12-6-5-7-13-25)34(41)36-26-14-9-15-27(19-26)43-23(3)32(39)37-29-17-22(2)28(35)20-31(29)42-4/h5-20,23H,1-4H3,(H,36,41)(H,37,39)(H,38,40)/b30-18+. The van der Waals surface area contributed by atoms with E-state index in [4.69, 9.17) is 16.3 Å². The number of nitrogens with one attached hydrogen (secondary N) is 3. The Bertz CT molecular complexity index is 1670. The van der Waals surface area contributed by atoms with Gasteiger partial charge < -0.3 is 20.7 Å². The Kier molecular flexibility index (Phi) is 10.6. The summed E-state index contributed by atoms with van der Waals surface area (Å²) in [5.74, 6) is -0.624. The number of hydrogen-bond donors (Lipinski definition) is 3. The molecule has 220 valence electrons. The van der Waals surface area contributed by atoms with Crippen LogP contribution >= 0.6 is 23.4 Å².